The topological polar surface area (TPSA) is 49.0 Å². The van der Waals surface area contributed by atoms with Gasteiger partial charge in [0, 0.05) is 22.0 Å². The van der Waals surface area contributed by atoms with Gasteiger partial charge in [0.1, 0.15) is 16.5 Å². The van der Waals surface area contributed by atoms with Gasteiger partial charge in [-0.2, -0.15) is 0 Å². The summed E-state index contributed by atoms with van der Waals surface area (Å²) < 4.78 is 14.0. The van der Waals surface area contributed by atoms with Crippen LogP contribution in [0.3, 0.4) is 0 Å². The van der Waals surface area contributed by atoms with Crippen LogP contribution < -0.4 is 5.56 Å². The van der Waals surface area contributed by atoms with Gasteiger partial charge >= 0.3 is 0 Å². The molecule has 0 fully saturated rings. The number of aromatic amines is 1. The number of rotatable bonds is 5. The smallest absolute Gasteiger partial charge is 0.259 e. The Labute approximate surface area is 170 Å². The van der Waals surface area contributed by atoms with E-state index in [2.05, 4.69) is 9.97 Å². The standard InChI is InChI=1S/C21H17ClFN3OS/c1-26(11-15-16(22)8-5-9-17(15)23)12-19-24-20(27)14-10-18(28-21(14)25-19)13-6-3-2-4-7-13/h2-10H,11-12H2,1H3,(H,24,25,27). The van der Waals surface area contributed by atoms with E-state index in [9.17, 15) is 9.18 Å². The molecule has 0 aliphatic rings. The van der Waals surface area contributed by atoms with Crippen LogP contribution in [0.25, 0.3) is 20.7 Å². The Hall–Kier alpha value is -2.54. The normalized spacial score (nSPS) is 11.4. The molecule has 28 heavy (non-hydrogen) atoms. The molecular formula is C21H17ClFN3OS. The van der Waals surface area contributed by atoms with Crippen molar-refractivity contribution >= 4 is 33.2 Å². The fourth-order valence-corrected chi connectivity index (χ4v) is 4.34. The third-order valence-corrected chi connectivity index (χ3v) is 5.85. The molecule has 4 nitrogen and oxygen atoms in total. The summed E-state index contributed by atoms with van der Waals surface area (Å²) in [6.07, 6.45) is 0. The summed E-state index contributed by atoms with van der Waals surface area (Å²) in [6.45, 7) is 0.682. The number of fused-ring (bicyclic) bond motifs is 1. The minimum Gasteiger partial charge on any atom is -0.309 e. The van der Waals surface area contributed by atoms with Crippen LogP contribution in [0.15, 0.2) is 59.4 Å². The summed E-state index contributed by atoms with van der Waals surface area (Å²) in [5.74, 6) is 0.191. The van der Waals surface area contributed by atoms with Gasteiger partial charge in [-0.1, -0.05) is 48.0 Å². The second kappa shape index (κ2) is 7.83. The highest BCUT2D eigenvalue weighted by molar-refractivity contribution is 7.21. The van der Waals surface area contributed by atoms with E-state index in [1.54, 1.807) is 12.1 Å². The number of hydrogen-bond donors (Lipinski definition) is 1. The van der Waals surface area contributed by atoms with Crippen molar-refractivity contribution in [1.82, 2.24) is 14.9 Å². The van der Waals surface area contributed by atoms with E-state index in [4.69, 9.17) is 11.6 Å². The maximum absolute atomic E-state index is 14.0. The van der Waals surface area contributed by atoms with E-state index in [-0.39, 0.29) is 11.4 Å². The zero-order valence-electron chi connectivity index (χ0n) is 15.1. The van der Waals surface area contributed by atoms with E-state index in [1.165, 1.54) is 17.4 Å². The second-order valence-corrected chi connectivity index (χ2v) is 8.02. The van der Waals surface area contributed by atoms with Crippen molar-refractivity contribution in [3.63, 3.8) is 0 Å². The Balaban J connectivity index is 1.60. The first-order chi connectivity index (χ1) is 13.5. The molecule has 0 aliphatic carbocycles. The quantitative estimate of drug-likeness (QED) is 0.496. The third kappa shape index (κ3) is 3.85. The molecule has 0 saturated carbocycles. The Bertz CT molecular complexity index is 1170. The molecular weight excluding hydrogens is 397 g/mol. The molecule has 142 valence electrons. The van der Waals surface area contributed by atoms with Gasteiger partial charge in [0.2, 0.25) is 0 Å². The highest BCUT2D eigenvalue weighted by Crippen LogP contribution is 2.30. The maximum atomic E-state index is 14.0. The van der Waals surface area contributed by atoms with Crippen LogP contribution in [0.4, 0.5) is 4.39 Å². The largest absolute Gasteiger partial charge is 0.309 e. The summed E-state index contributed by atoms with van der Waals surface area (Å²) >= 11 is 7.59. The summed E-state index contributed by atoms with van der Waals surface area (Å²) in [7, 11) is 1.83. The average molecular weight is 414 g/mol. The average Bonchev–Trinajstić information content (AvgIpc) is 3.10. The number of nitrogens with zero attached hydrogens (tertiary/aromatic N) is 2. The minimum atomic E-state index is -0.345. The van der Waals surface area contributed by atoms with Crippen LogP contribution >= 0.6 is 22.9 Å². The van der Waals surface area contributed by atoms with Gasteiger partial charge in [0.05, 0.1) is 11.9 Å². The van der Waals surface area contributed by atoms with Crippen molar-refractivity contribution in [1.29, 1.82) is 0 Å². The monoisotopic (exact) mass is 413 g/mol. The second-order valence-electron chi connectivity index (χ2n) is 6.58. The van der Waals surface area contributed by atoms with Crippen LogP contribution in [0, 0.1) is 5.82 Å². The number of halogens is 2. The van der Waals surface area contributed by atoms with Crippen molar-refractivity contribution in [2.24, 2.45) is 0 Å². The Morgan fingerprint density at radius 3 is 2.68 bits per heavy atom. The molecule has 0 bridgehead atoms. The van der Waals surface area contributed by atoms with Crippen LogP contribution in [-0.4, -0.2) is 21.9 Å². The molecule has 7 heteroatoms. The van der Waals surface area contributed by atoms with E-state index < -0.39 is 0 Å². The van der Waals surface area contributed by atoms with Crippen molar-refractivity contribution in [2.45, 2.75) is 13.1 Å². The van der Waals surface area contributed by atoms with E-state index in [1.807, 2.05) is 48.3 Å². The van der Waals surface area contributed by atoms with Crippen LogP contribution in [0.2, 0.25) is 5.02 Å². The summed E-state index contributed by atoms with van der Waals surface area (Å²) in [5, 5.41) is 0.960. The highest BCUT2D eigenvalue weighted by Gasteiger charge is 2.14. The highest BCUT2D eigenvalue weighted by atomic mass is 35.5. The zero-order chi connectivity index (χ0) is 19.7. The molecule has 0 spiro atoms. The van der Waals surface area contributed by atoms with E-state index >= 15 is 0 Å². The molecule has 2 aromatic heterocycles. The number of nitrogens with one attached hydrogen (secondary N) is 1. The number of benzene rings is 2. The molecule has 2 heterocycles. The molecule has 0 atom stereocenters. The first-order valence-electron chi connectivity index (χ1n) is 8.71. The van der Waals surface area contributed by atoms with Gasteiger partial charge in [-0.25, -0.2) is 9.37 Å². The number of H-pyrrole nitrogens is 1. The number of aromatic nitrogens is 2. The van der Waals surface area contributed by atoms with Gasteiger partial charge in [0.25, 0.3) is 5.56 Å². The predicted octanol–water partition coefficient (Wildman–Crippen LogP) is 5.08. The molecule has 0 radical (unpaired) electrons. The molecule has 0 amide bonds. The molecule has 4 rings (SSSR count). The molecule has 2 aromatic carbocycles. The minimum absolute atomic E-state index is 0.171. The maximum Gasteiger partial charge on any atom is 0.259 e. The first kappa shape index (κ1) is 18.8. The van der Waals surface area contributed by atoms with Crippen molar-refractivity contribution in [3.05, 3.63) is 87.2 Å². The number of hydrogen-bond acceptors (Lipinski definition) is 4. The van der Waals surface area contributed by atoms with Crippen molar-refractivity contribution in [3.8, 4) is 10.4 Å². The fraction of sp³-hybridized carbons (Fsp3) is 0.143. The first-order valence-corrected chi connectivity index (χ1v) is 9.90. The Morgan fingerprint density at radius 1 is 1.14 bits per heavy atom. The number of thiophene rings is 1. The molecule has 1 N–H and O–H groups in total. The third-order valence-electron chi connectivity index (χ3n) is 4.42. The van der Waals surface area contributed by atoms with Crippen LogP contribution in [0.5, 0.6) is 0 Å². The van der Waals surface area contributed by atoms with E-state index in [0.29, 0.717) is 39.7 Å². The van der Waals surface area contributed by atoms with Gasteiger partial charge in [-0.15, -0.1) is 11.3 Å². The Morgan fingerprint density at radius 2 is 1.93 bits per heavy atom. The van der Waals surface area contributed by atoms with Crippen molar-refractivity contribution < 1.29 is 4.39 Å². The lowest BCUT2D eigenvalue weighted by atomic mass is 10.2. The van der Waals surface area contributed by atoms with Gasteiger partial charge in [-0.3, -0.25) is 9.69 Å². The van der Waals surface area contributed by atoms with Crippen LogP contribution in [0.1, 0.15) is 11.4 Å². The zero-order valence-corrected chi connectivity index (χ0v) is 16.6. The predicted molar refractivity (Wildman–Crippen MR) is 112 cm³/mol. The molecule has 0 saturated heterocycles. The Kier molecular flexibility index (Phi) is 5.26. The SMILES string of the molecule is CN(Cc1nc2sc(-c3ccccc3)cc2c(=O)[nH]1)Cc1c(F)cccc1Cl. The lowest BCUT2D eigenvalue weighted by Gasteiger charge is -2.17. The molecule has 4 aromatic rings. The summed E-state index contributed by atoms with van der Waals surface area (Å²) in [6, 6.07) is 16.4. The summed E-state index contributed by atoms with van der Waals surface area (Å²) in [4.78, 5) is 23.5. The summed E-state index contributed by atoms with van der Waals surface area (Å²) in [5.41, 5.74) is 1.31. The lowest BCUT2D eigenvalue weighted by molar-refractivity contribution is 0.305. The fourth-order valence-electron chi connectivity index (χ4n) is 3.06. The van der Waals surface area contributed by atoms with Gasteiger partial charge in [0.15, 0.2) is 0 Å². The lowest BCUT2D eigenvalue weighted by Crippen LogP contribution is -2.22. The van der Waals surface area contributed by atoms with Crippen molar-refractivity contribution in [2.75, 3.05) is 7.05 Å². The van der Waals surface area contributed by atoms with Gasteiger partial charge < -0.3 is 4.98 Å². The van der Waals surface area contributed by atoms with Crippen LogP contribution in [-0.2, 0) is 13.1 Å². The molecule has 0 aliphatic heterocycles. The van der Waals surface area contributed by atoms with E-state index in [0.717, 1.165) is 10.4 Å². The molecule has 0 unspecified atom stereocenters. The van der Waals surface area contributed by atoms with Gasteiger partial charge in [-0.05, 0) is 30.8 Å².